The molecule has 3 heterocycles. The number of benzene rings is 2. The standard InChI is InChI=1S/C24H21N3O4S2/c1-30-24(29)27-12-11-16-19(13-27)33-23(26-20(28)14-31-15-7-3-2-4-8-15)21(16)22-25-17-9-5-6-10-18(17)32-22/h2-10H,11-14H2,1H3,(H,26,28). The van der Waals surface area contributed by atoms with Gasteiger partial charge in [-0.1, -0.05) is 30.3 Å². The first kappa shape index (κ1) is 21.4. The first-order valence-electron chi connectivity index (χ1n) is 10.4. The molecule has 0 atom stereocenters. The highest BCUT2D eigenvalue weighted by atomic mass is 32.1. The van der Waals surface area contributed by atoms with Crippen LogP contribution in [0.1, 0.15) is 10.4 Å². The summed E-state index contributed by atoms with van der Waals surface area (Å²) >= 11 is 3.08. The highest BCUT2D eigenvalue weighted by Crippen LogP contribution is 2.45. The minimum absolute atomic E-state index is 0.0971. The molecule has 1 N–H and O–H groups in total. The SMILES string of the molecule is COC(=O)N1CCc2c(sc(NC(=O)COc3ccccc3)c2-c2nc3ccccc3s2)C1. The number of carbonyl (C=O) groups is 2. The van der Waals surface area contributed by atoms with Gasteiger partial charge >= 0.3 is 6.09 Å². The Bertz CT molecular complexity index is 1280. The lowest BCUT2D eigenvalue weighted by Crippen LogP contribution is -2.35. The van der Waals surface area contributed by atoms with Crippen LogP contribution in [0.4, 0.5) is 9.80 Å². The van der Waals surface area contributed by atoms with Crippen LogP contribution in [-0.2, 0) is 22.5 Å². The van der Waals surface area contributed by atoms with E-state index in [2.05, 4.69) is 5.32 Å². The molecule has 0 spiro atoms. The fourth-order valence-electron chi connectivity index (χ4n) is 3.81. The first-order chi connectivity index (χ1) is 16.1. The van der Waals surface area contributed by atoms with Gasteiger partial charge in [0.1, 0.15) is 15.8 Å². The molecule has 2 amide bonds. The lowest BCUT2D eigenvalue weighted by atomic mass is 10.0. The van der Waals surface area contributed by atoms with Crippen LogP contribution < -0.4 is 10.1 Å². The molecule has 0 unspecified atom stereocenters. The number of anilines is 1. The molecule has 2 aromatic carbocycles. The molecule has 7 nitrogen and oxygen atoms in total. The van der Waals surface area contributed by atoms with Gasteiger partial charge in [-0.05, 0) is 36.2 Å². The maximum absolute atomic E-state index is 12.7. The highest BCUT2D eigenvalue weighted by Gasteiger charge is 2.29. The van der Waals surface area contributed by atoms with Crippen molar-refractivity contribution in [3.63, 3.8) is 0 Å². The van der Waals surface area contributed by atoms with Crippen molar-refractivity contribution in [1.82, 2.24) is 9.88 Å². The number of nitrogens with one attached hydrogen (secondary N) is 1. The molecule has 1 aliphatic rings. The average molecular weight is 480 g/mol. The summed E-state index contributed by atoms with van der Waals surface area (Å²) < 4.78 is 11.6. The summed E-state index contributed by atoms with van der Waals surface area (Å²) in [6, 6.07) is 17.2. The smallest absolute Gasteiger partial charge is 0.409 e. The van der Waals surface area contributed by atoms with E-state index in [0.717, 1.165) is 36.2 Å². The molecular weight excluding hydrogens is 458 g/mol. The largest absolute Gasteiger partial charge is 0.484 e. The number of carbonyl (C=O) groups excluding carboxylic acids is 2. The normalized spacial score (nSPS) is 12.9. The number of hydrogen-bond donors (Lipinski definition) is 1. The minimum Gasteiger partial charge on any atom is -0.484 e. The number of ether oxygens (including phenoxy) is 2. The van der Waals surface area contributed by atoms with Crippen LogP contribution in [0.25, 0.3) is 20.8 Å². The van der Waals surface area contributed by atoms with Crippen LogP contribution in [0.2, 0.25) is 0 Å². The maximum atomic E-state index is 12.7. The zero-order valence-corrected chi connectivity index (χ0v) is 19.5. The van der Waals surface area contributed by atoms with Crippen LogP contribution in [0.3, 0.4) is 0 Å². The second-order valence-electron chi connectivity index (χ2n) is 7.49. The van der Waals surface area contributed by atoms with Crippen LogP contribution in [0.5, 0.6) is 5.75 Å². The van der Waals surface area contributed by atoms with Gasteiger partial charge in [-0.25, -0.2) is 9.78 Å². The van der Waals surface area contributed by atoms with E-state index in [9.17, 15) is 9.59 Å². The van der Waals surface area contributed by atoms with Gasteiger partial charge in [-0.3, -0.25) is 4.79 Å². The molecule has 5 rings (SSSR count). The van der Waals surface area contributed by atoms with Crippen molar-refractivity contribution in [2.45, 2.75) is 13.0 Å². The number of aromatic nitrogens is 1. The van der Waals surface area contributed by atoms with Crippen LogP contribution in [0.15, 0.2) is 54.6 Å². The van der Waals surface area contributed by atoms with Gasteiger partial charge in [0.2, 0.25) is 0 Å². The molecule has 1 aliphatic heterocycles. The third kappa shape index (κ3) is 4.42. The van der Waals surface area contributed by atoms with E-state index in [0.29, 0.717) is 25.3 Å². The molecule has 4 aromatic rings. The van der Waals surface area contributed by atoms with E-state index in [1.54, 1.807) is 16.2 Å². The summed E-state index contributed by atoms with van der Waals surface area (Å²) in [7, 11) is 1.39. The van der Waals surface area contributed by atoms with Crippen LogP contribution >= 0.6 is 22.7 Å². The molecule has 0 saturated heterocycles. The van der Waals surface area contributed by atoms with Gasteiger partial charge in [-0.15, -0.1) is 22.7 Å². The number of amides is 2. The number of fused-ring (bicyclic) bond motifs is 2. The Morgan fingerprint density at radius 2 is 1.88 bits per heavy atom. The van der Waals surface area contributed by atoms with E-state index in [4.69, 9.17) is 14.5 Å². The molecule has 0 aliphatic carbocycles. The Kier molecular flexibility index (Phi) is 5.97. The number of hydrogen-bond acceptors (Lipinski definition) is 7. The number of nitrogens with zero attached hydrogens (tertiary/aromatic N) is 2. The van der Waals surface area contributed by atoms with Gasteiger partial charge in [0, 0.05) is 17.0 Å². The second-order valence-corrected chi connectivity index (χ2v) is 9.62. The molecule has 0 fully saturated rings. The molecule has 0 saturated carbocycles. The topological polar surface area (TPSA) is 80.8 Å². The monoisotopic (exact) mass is 479 g/mol. The van der Waals surface area contributed by atoms with Crippen molar-refractivity contribution in [3.05, 3.63) is 65.0 Å². The fraction of sp³-hybridized carbons (Fsp3) is 0.208. The molecule has 0 bridgehead atoms. The Labute approximate surface area is 198 Å². The summed E-state index contributed by atoms with van der Waals surface area (Å²) in [6.45, 7) is 0.903. The third-order valence-corrected chi connectivity index (χ3v) is 7.55. The van der Waals surface area contributed by atoms with Gasteiger partial charge in [-0.2, -0.15) is 0 Å². The van der Waals surface area contributed by atoms with Crippen molar-refractivity contribution >= 4 is 49.9 Å². The summed E-state index contributed by atoms with van der Waals surface area (Å²) in [5.74, 6) is 0.392. The minimum atomic E-state index is -0.350. The zero-order chi connectivity index (χ0) is 22.8. The van der Waals surface area contributed by atoms with E-state index in [1.807, 2.05) is 54.6 Å². The van der Waals surface area contributed by atoms with Gasteiger partial charge in [0.25, 0.3) is 5.91 Å². The van der Waals surface area contributed by atoms with E-state index in [-0.39, 0.29) is 18.6 Å². The Balaban J connectivity index is 1.46. The maximum Gasteiger partial charge on any atom is 0.409 e. The predicted molar refractivity (Wildman–Crippen MR) is 130 cm³/mol. The molecule has 2 aromatic heterocycles. The van der Waals surface area contributed by atoms with Gasteiger partial charge < -0.3 is 19.7 Å². The second kappa shape index (κ2) is 9.21. The summed E-state index contributed by atoms with van der Waals surface area (Å²) in [4.78, 5) is 32.3. The predicted octanol–water partition coefficient (Wildman–Crippen LogP) is 5.17. The summed E-state index contributed by atoms with van der Waals surface area (Å²) in [6.07, 6.45) is 0.320. The number of thiophene rings is 1. The number of thiazole rings is 1. The third-order valence-electron chi connectivity index (χ3n) is 5.36. The summed E-state index contributed by atoms with van der Waals surface area (Å²) in [5, 5.41) is 4.62. The Morgan fingerprint density at radius 3 is 2.67 bits per heavy atom. The Hall–Kier alpha value is -3.43. The van der Waals surface area contributed by atoms with Crippen molar-refractivity contribution in [2.24, 2.45) is 0 Å². The first-order valence-corrected chi connectivity index (χ1v) is 12.1. The molecule has 9 heteroatoms. The van der Waals surface area contributed by atoms with Crippen molar-refractivity contribution in [3.8, 4) is 16.3 Å². The van der Waals surface area contributed by atoms with E-state index >= 15 is 0 Å². The highest BCUT2D eigenvalue weighted by molar-refractivity contribution is 7.22. The molecular formula is C24H21N3O4S2. The fourth-order valence-corrected chi connectivity index (χ4v) is 6.20. The van der Waals surface area contributed by atoms with Crippen molar-refractivity contribution in [2.75, 3.05) is 25.6 Å². The molecule has 168 valence electrons. The quantitative estimate of drug-likeness (QED) is 0.427. The Morgan fingerprint density at radius 1 is 1.09 bits per heavy atom. The number of rotatable bonds is 5. The van der Waals surface area contributed by atoms with E-state index < -0.39 is 0 Å². The van der Waals surface area contributed by atoms with Crippen LogP contribution in [-0.4, -0.2) is 42.1 Å². The molecule has 33 heavy (non-hydrogen) atoms. The lowest BCUT2D eigenvalue weighted by molar-refractivity contribution is -0.118. The van der Waals surface area contributed by atoms with E-state index in [1.165, 1.54) is 18.4 Å². The van der Waals surface area contributed by atoms with Crippen molar-refractivity contribution in [1.29, 1.82) is 0 Å². The average Bonchev–Trinajstić information content (AvgIpc) is 3.42. The van der Waals surface area contributed by atoms with Gasteiger partial charge in [0.05, 0.1) is 23.9 Å². The molecule has 0 radical (unpaired) electrons. The number of para-hydroxylation sites is 2. The van der Waals surface area contributed by atoms with Gasteiger partial charge in [0.15, 0.2) is 6.61 Å². The summed E-state index contributed by atoms with van der Waals surface area (Å²) in [5.41, 5.74) is 2.99. The van der Waals surface area contributed by atoms with Crippen molar-refractivity contribution < 1.29 is 19.1 Å². The van der Waals surface area contributed by atoms with Crippen LogP contribution in [0, 0.1) is 0 Å². The zero-order valence-electron chi connectivity index (χ0n) is 17.9. The lowest BCUT2D eigenvalue weighted by Gasteiger charge is -2.25. The number of methoxy groups -OCH3 is 1.